The minimum absolute atomic E-state index is 0.0249. The number of carbonyl (C=O) groups is 1. The van der Waals surface area contributed by atoms with Gasteiger partial charge in [-0.25, -0.2) is 12.7 Å². The molecule has 0 aromatic heterocycles. The van der Waals surface area contributed by atoms with Crippen molar-refractivity contribution in [2.24, 2.45) is 0 Å². The van der Waals surface area contributed by atoms with Gasteiger partial charge in [-0.1, -0.05) is 42.5 Å². The summed E-state index contributed by atoms with van der Waals surface area (Å²) in [6, 6.07) is 9.86. The van der Waals surface area contributed by atoms with Crippen molar-refractivity contribution in [1.82, 2.24) is 9.62 Å². The van der Waals surface area contributed by atoms with Gasteiger partial charge in [0.15, 0.2) is 0 Å². The molecule has 1 heterocycles. The van der Waals surface area contributed by atoms with Crippen molar-refractivity contribution in [3.63, 3.8) is 0 Å². The molecule has 1 aromatic rings. The molecule has 0 bridgehead atoms. The quantitative estimate of drug-likeness (QED) is 0.864. The van der Waals surface area contributed by atoms with Crippen molar-refractivity contribution in [3.05, 3.63) is 42.0 Å². The lowest BCUT2D eigenvalue weighted by molar-refractivity contribution is -0.122. The first kappa shape index (κ1) is 17.7. The normalized spacial score (nSPS) is 19.8. The van der Waals surface area contributed by atoms with E-state index in [4.69, 9.17) is 0 Å². The highest BCUT2D eigenvalue weighted by molar-refractivity contribution is 7.88. The third-order valence-corrected chi connectivity index (χ3v) is 5.14. The van der Waals surface area contributed by atoms with Gasteiger partial charge in [0.25, 0.3) is 0 Å². The molecule has 0 aliphatic carbocycles. The molecule has 1 aliphatic heterocycles. The zero-order valence-corrected chi connectivity index (χ0v) is 14.3. The highest BCUT2D eigenvalue weighted by atomic mass is 32.2. The first-order chi connectivity index (χ1) is 10.9. The Morgan fingerprint density at radius 2 is 2.09 bits per heavy atom. The molecule has 0 saturated carbocycles. The lowest BCUT2D eigenvalue weighted by atomic mass is 10.1. The van der Waals surface area contributed by atoms with Gasteiger partial charge in [0.2, 0.25) is 15.9 Å². The summed E-state index contributed by atoms with van der Waals surface area (Å²) in [5.74, 6) is -0.0249. The summed E-state index contributed by atoms with van der Waals surface area (Å²) in [4.78, 5) is 12.0. The minimum atomic E-state index is -3.18. The molecule has 0 unspecified atom stereocenters. The maximum atomic E-state index is 12.0. The fourth-order valence-electron chi connectivity index (χ4n) is 2.66. The highest BCUT2D eigenvalue weighted by Crippen LogP contribution is 2.13. The maximum Gasteiger partial charge on any atom is 0.220 e. The van der Waals surface area contributed by atoms with Gasteiger partial charge >= 0.3 is 0 Å². The minimum Gasteiger partial charge on any atom is -0.352 e. The van der Waals surface area contributed by atoms with Gasteiger partial charge < -0.3 is 5.32 Å². The Balaban J connectivity index is 1.73. The first-order valence-electron chi connectivity index (χ1n) is 7.91. The van der Waals surface area contributed by atoms with E-state index in [0.717, 1.165) is 18.4 Å². The molecule has 23 heavy (non-hydrogen) atoms. The van der Waals surface area contributed by atoms with Crippen LogP contribution in [0.25, 0.3) is 6.08 Å². The predicted octanol–water partition coefficient (Wildman–Crippen LogP) is 2.02. The van der Waals surface area contributed by atoms with Crippen LogP contribution in [0.4, 0.5) is 0 Å². The van der Waals surface area contributed by atoms with Gasteiger partial charge in [0.05, 0.1) is 6.26 Å². The number of amides is 1. The maximum absolute atomic E-state index is 12.0. The first-order valence-corrected chi connectivity index (χ1v) is 9.76. The van der Waals surface area contributed by atoms with Gasteiger partial charge in [-0.2, -0.15) is 0 Å². The van der Waals surface area contributed by atoms with Crippen LogP contribution >= 0.6 is 0 Å². The number of hydrogen-bond acceptors (Lipinski definition) is 3. The highest BCUT2D eigenvalue weighted by Gasteiger charge is 2.26. The number of rotatable bonds is 6. The Labute approximate surface area is 138 Å². The van der Waals surface area contributed by atoms with Crippen LogP contribution in [-0.2, 0) is 14.8 Å². The standard InChI is InChI=1S/C17H24N2O3S/c1-23(21,22)19-13-7-11-16(14-19)18-17(20)12-6-5-10-15-8-3-2-4-9-15/h2-5,8-10,16H,6-7,11-14H2,1H3,(H,18,20)/b10-5+/t16-/m1/s1. The number of nitrogens with zero attached hydrogens (tertiary/aromatic N) is 1. The number of benzene rings is 1. The van der Waals surface area contributed by atoms with E-state index in [1.165, 1.54) is 10.6 Å². The van der Waals surface area contributed by atoms with Crippen molar-refractivity contribution < 1.29 is 13.2 Å². The van der Waals surface area contributed by atoms with Gasteiger partial charge in [0.1, 0.15) is 0 Å². The largest absolute Gasteiger partial charge is 0.352 e. The van der Waals surface area contributed by atoms with E-state index in [1.54, 1.807) is 0 Å². The fraction of sp³-hybridized carbons (Fsp3) is 0.471. The Morgan fingerprint density at radius 1 is 1.35 bits per heavy atom. The van der Waals surface area contributed by atoms with E-state index >= 15 is 0 Å². The van der Waals surface area contributed by atoms with Crippen LogP contribution in [-0.4, -0.2) is 44.0 Å². The molecule has 1 aromatic carbocycles. The predicted molar refractivity (Wildman–Crippen MR) is 92.3 cm³/mol. The van der Waals surface area contributed by atoms with E-state index in [9.17, 15) is 13.2 Å². The van der Waals surface area contributed by atoms with E-state index in [1.807, 2.05) is 42.5 Å². The molecule has 126 valence electrons. The molecule has 1 N–H and O–H groups in total. The molecule has 1 atom stereocenters. The van der Waals surface area contributed by atoms with Crippen LogP contribution in [0.1, 0.15) is 31.2 Å². The Hall–Kier alpha value is -1.66. The lowest BCUT2D eigenvalue weighted by Gasteiger charge is -2.31. The SMILES string of the molecule is CS(=O)(=O)N1CCC[C@@H](NC(=O)CC/C=C/c2ccccc2)C1. The van der Waals surface area contributed by atoms with Crippen LogP contribution < -0.4 is 5.32 Å². The smallest absolute Gasteiger partial charge is 0.220 e. The summed E-state index contributed by atoms with van der Waals surface area (Å²) in [6.07, 6.45) is 7.90. The van der Waals surface area contributed by atoms with Crippen LogP contribution in [0.3, 0.4) is 0 Å². The third kappa shape index (κ3) is 6.15. The van der Waals surface area contributed by atoms with Gasteiger partial charge in [-0.15, -0.1) is 0 Å². The van der Waals surface area contributed by atoms with Crippen molar-refractivity contribution in [1.29, 1.82) is 0 Å². The van der Waals surface area contributed by atoms with Crippen LogP contribution in [0.5, 0.6) is 0 Å². The summed E-state index contributed by atoms with van der Waals surface area (Å²) in [6.45, 7) is 0.926. The average molecular weight is 336 g/mol. The molecule has 0 spiro atoms. The van der Waals surface area contributed by atoms with Gasteiger partial charge in [-0.3, -0.25) is 4.79 Å². The number of hydrogen-bond donors (Lipinski definition) is 1. The van der Waals surface area contributed by atoms with E-state index in [0.29, 0.717) is 25.9 Å². The second-order valence-corrected chi connectivity index (χ2v) is 7.86. The monoisotopic (exact) mass is 336 g/mol. The van der Waals surface area contributed by atoms with Gasteiger partial charge in [0, 0.05) is 25.6 Å². The molecule has 1 amide bonds. The summed E-state index contributed by atoms with van der Waals surface area (Å²) >= 11 is 0. The molecule has 5 nitrogen and oxygen atoms in total. The molecule has 1 fully saturated rings. The summed E-state index contributed by atoms with van der Waals surface area (Å²) in [5.41, 5.74) is 1.11. The Kier molecular flexibility index (Phi) is 6.36. The number of allylic oxidation sites excluding steroid dienone is 1. The molecule has 0 radical (unpaired) electrons. The van der Waals surface area contributed by atoms with Crippen LogP contribution in [0.15, 0.2) is 36.4 Å². The van der Waals surface area contributed by atoms with E-state index in [-0.39, 0.29) is 11.9 Å². The number of carbonyl (C=O) groups excluding carboxylic acids is 1. The zero-order chi connectivity index (χ0) is 16.7. The molecule has 1 saturated heterocycles. The summed E-state index contributed by atoms with van der Waals surface area (Å²) < 4.78 is 24.6. The van der Waals surface area contributed by atoms with Crippen molar-refractivity contribution in [2.75, 3.05) is 19.3 Å². The topological polar surface area (TPSA) is 66.5 Å². The van der Waals surface area contributed by atoms with E-state index < -0.39 is 10.0 Å². The molecule has 2 rings (SSSR count). The number of piperidine rings is 1. The molecule has 1 aliphatic rings. The van der Waals surface area contributed by atoms with Crippen molar-refractivity contribution in [2.45, 2.75) is 31.7 Å². The number of nitrogens with one attached hydrogen (secondary N) is 1. The van der Waals surface area contributed by atoms with Crippen LogP contribution in [0, 0.1) is 0 Å². The summed E-state index contributed by atoms with van der Waals surface area (Å²) in [5, 5.41) is 2.94. The molecular formula is C17H24N2O3S. The molecule has 6 heteroatoms. The van der Waals surface area contributed by atoms with Crippen molar-refractivity contribution in [3.8, 4) is 0 Å². The fourth-order valence-corrected chi connectivity index (χ4v) is 3.57. The average Bonchev–Trinajstić information content (AvgIpc) is 2.52. The Morgan fingerprint density at radius 3 is 2.78 bits per heavy atom. The zero-order valence-electron chi connectivity index (χ0n) is 13.4. The second kappa shape index (κ2) is 8.26. The second-order valence-electron chi connectivity index (χ2n) is 5.88. The Bertz CT molecular complexity index is 641. The van der Waals surface area contributed by atoms with Crippen molar-refractivity contribution >= 4 is 22.0 Å². The van der Waals surface area contributed by atoms with Gasteiger partial charge in [-0.05, 0) is 24.8 Å². The summed E-state index contributed by atoms with van der Waals surface area (Å²) in [7, 11) is -3.18. The third-order valence-electron chi connectivity index (χ3n) is 3.87. The van der Waals surface area contributed by atoms with E-state index in [2.05, 4.69) is 5.32 Å². The molecular weight excluding hydrogens is 312 g/mol. The lowest BCUT2D eigenvalue weighted by Crippen LogP contribution is -2.49. The number of sulfonamides is 1. The van der Waals surface area contributed by atoms with Crippen LogP contribution in [0.2, 0.25) is 0 Å².